The Labute approximate surface area is 682 Å². The van der Waals surface area contributed by atoms with Gasteiger partial charge in [-0.15, -0.1) is 0 Å². The Morgan fingerprint density at radius 3 is 1.31 bits per heavy atom. The van der Waals surface area contributed by atoms with E-state index in [1.807, 2.05) is 92.6 Å². The number of carboxylic acid groups (broad SMARTS) is 1. The summed E-state index contributed by atoms with van der Waals surface area (Å²) in [5.74, 6) is -5.82. The van der Waals surface area contributed by atoms with Crippen molar-refractivity contribution in [3.8, 4) is 0 Å². The topological polar surface area (TPSA) is 522 Å². The van der Waals surface area contributed by atoms with Crippen molar-refractivity contribution in [3.63, 3.8) is 0 Å². The standard InChI is InChI=1S/C27H49N5O7.C26H38N2O6.C17H33N5O3.C12H24N2O3/c1-17(2)16-19(31-25(37)39-27(6,7)8)23(35)32-15-11-13-20(32)22(34)30-18(21(28)33)12-9-10-14-29-24(36)38-26(3,4)5;1-17(2)14-20(24(31)28-13-9-12-21(28)25(32)33)27-23(30)19(15-18-10-7-6-8-11-18)16-22(29)34-26(3,4)5;1-11(2)10-12(19)17(25)22-9-5-7-14(22)16(24)21-13(15(20)23)6-3-4-8-18;1-12(2,3)17-10(15)8-6-4-5-7-9(13)11(14)16/h17-20H,9-16H2,1-8H3,(H2,28,33)(H,29,36)(H,30,34)(H,31,37);6-8,10-11,17,19-21H,9,12-16H2,1-5H3,(H,27,30)(H,32,33);11-14H,3-10,18-19H2,1-2H3,(H2,20,23)(H,21,24);9H,4-8,13H2,1-3H3,(H2,14,16)/t18-,19-,20-;19-,20+,21+;12-,13-,14-;9-/m0100/s1. The van der Waals surface area contributed by atoms with Gasteiger partial charge in [-0.3, -0.25) is 52.7 Å². The minimum absolute atomic E-state index is 0.0959. The first-order chi connectivity index (χ1) is 53.3. The van der Waals surface area contributed by atoms with Crippen molar-refractivity contribution in [1.29, 1.82) is 0 Å². The number of nitrogens with one attached hydrogen (secondary N) is 5. The first-order valence-electron chi connectivity index (χ1n) is 40.8. The smallest absolute Gasteiger partial charge is 0.408 e. The van der Waals surface area contributed by atoms with Crippen molar-refractivity contribution in [1.82, 2.24) is 41.3 Å². The number of likely N-dealkylation sites (tertiary alicyclic amines) is 3. The van der Waals surface area contributed by atoms with E-state index in [0.29, 0.717) is 135 Å². The molecule has 3 saturated heterocycles. The van der Waals surface area contributed by atoms with Gasteiger partial charge in [0.1, 0.15) is 64.7 Å². The maximum atomic E-state index is 13.4. The second kappa shape index (κ2) is 51.4. The number of primary amides is 3. The van der Waals surface area contributed by atoms with Crippen LogP contribution in [0.4, 0.5) is 9.59 Å². The summed E-state index contributed by atoms with van der Waals surface area (Å²) in [6.07, 6.45) is 10.3. The molecule has 0 saturated carbocycles. The minimum atomic E-state index is -1.03. The molecule has 0 unspecified atom stereocenters. The molecule has 4 rings (SSSR count). The molecule has 0 aliphatic carbocycles. The number of nitrogens with zero attached hydrogens (tertiary/aromatic N) is 3. The molecular formula is C82H144N14O19. The fourth-order valence-electron chi connectivity index (χ4n) is 12.9. The maximum absolute atomic E-state index is 13.4. The number of rotatable bonds is 39. The van der Waals surface area contributed by atoms with Crippen LogP contribution in [0.25, 0.3) is 0 Å². The molecule has 10 atom stereocenters. The molecule has 33 heteroatoms. The number of unbranched alkanes of at least 4 members (excludes halogenated alkanes) is 4. The highest BCUT2D eigenvalue weighted by molar-refractivity contribution is 5.96. The van der Waals surface area contributed by atoms with E-state index < -0.39 is 136 Å². The summed E-state index contributed by atoms with van der Waals surface area (Å²) in [6.45, 7) is 35.2. The van der Waals surface area contributed by atoms with Crippen LogP contribution in [0.1, 0.15) is 265 Å². The van der Waals surface area contributed by atoms with Crippen LogP contribution in [0.15, 0.2) is 30.3 Å². The van der Waals surface area contributed by atoms with Gasteiger partial charge in [-0.05, 0) is 229 Å². The van der Waals surface area contributed by atoms with Crippen LogP contribution in [-0.2, 0) is 82.9 Å². The number of hydrogen-bond acceptors (Lipinski definition) is 21. The molecule has 33 nitrogen and oxygen atoms in total. The first kappa shape index (κ1) is 104. The van der Waals surface area contributed by atoms with Gasteiger partial charge < -0.3 is 99.7 Å². The highest BCUT2D eigenvalue weighted by Gasteiger charge is 2.42. The van der Waals surface area contributed by atoms with Crippen LogP contribution in [0, 0.1) is 23.7 Å². The van der Waals surface area contributed by atoms with Crippen molar-refractivity contribution in [2.45, 2.75) is 343 Å². The lowest BCUT2D eigenvalue weighted by atomic mass is 9.94. The van der Waals surface area contributed by atoms with E-state index in [-0.39, 0.29) is 54.3 Å². The molecule has 1 aromatic carbocycles. The fraction of sp³-hybridized carbons (Fsp3) is 0.756. The van der Waals surface area contributed by atoms with Gasteiger partial charge in [0.05, 0.1) is 24.4 Å². The predicted octanol–water partition coefficient (Wildman–Crippen LogP) is 6.31. The van der Waals surface area contributed by atoms with Gasteiger partial charge in [0.15, 0.2) is 0 Å². The average molecular weight is 1630 g/mol. The third-order valence-corrected chi connectivity index (χ3v) is 18.1. The number of nitrogens with two attached hydrogens (primary N) is 6. The third-order valence-electron chi connectivity index (χ3n) is 18.1. The average Bonchev–Trinajstić information content (AvgIpc) is 1.76. The van der Waals surface area contributed by atoms with Crippen LogP contribution < -0.4 is 61.0 Å². The van der Waals surface area contributed by atoms with Crippen molar-refractivity contribution in [3.05, 3.63) is 35.9 Å². The van der Waals surface area contributed by atoms with Crippen molar-refractivity contribution in [2.24, 2.45) is 58.1 Å². The number of esters is 2. The largest absolute Gasteiger partial charge is 0.480 e. The highest BCUT2D eigenvalue weighted by atomic mass is 16.6. The molecule has 3 heterocycles. The molecule has 0 bridgehead atoms. The summed E-state index contributed by atoms with van der Waals surface area (Å²) in [7, 11) is 0. The molecule has 656 valence electrons. The first-order valence-corrected chi connectivity index (χ1v) is 40.8. The fourth-order valence-corrected chi connectivity index (χ4v) is 12.9. The van der Waals surface area contributed by atoms with E-state index in [2.05, 4.69) is 26.6 Å². The third kappa shape index (κ3) is 44.8. The van der Waals surface area contributed by atoms with Crippen molar-refractivity contribution < 1.29 is 91.2 Å². The normalized spacial score (nSPS) is 17.4. The van der Waals surface area contributed by atoms with E-state index >= 15 is 0 Å². The number of carbonyl (C=O) groups is 14. The van der Waals surface area contributed by atoms with Crippen LogP contribution in [-0.4, -0.2) is 213 Å². The zero-order chi connectivity index (χ0) is 87.9. The van der Waals surface area contributed by atoms with Gasteiger partial charge in [0.2, 0.25) is 53.2 Å². The van der Waals surface area contributed by atoms with E-state index in [4.69, 9.17) is 53.3 Å². The van der Waals surface area contributed by atoms with Gasteiger partial charge in [-0.25, -0.2) is 14.4 Å². The quantitative estimate of drug-likeness (QED) is 0.0195. The Morgan fingerprint density at radius 2 is 0.878 bits per heavy atom. The number of carboxylic acids is 1. The molecule has 0 spiro atoms. The Hall–Kier alpha value is -8.72. The van der Waals surface area contributed by atoms with E-state index in [1.165, 1.54) is 9.80 Å². The molecule has 0 aromatic heterocycles. The summed E-state index contributed by atoms with van der Waals surface area (Å²) in [4.78, 5) is 177. The lowest BCUT2D eigenvalue weighted by Gasteiger charge is -2.30. The van der Waals surface area contributed by atoms with E-state index in [1.54, 1.807) is 67.2 Å². The summed E-state index contributed by atoms with van der Waals surface area (Å²) in [5.41, 5.74) is 31.3. The second-order valence-electron chi connectivity index (χ2n) is 35.2. The zero-order valence-electron chi connectivity index (χ0n) is 72.1. The number of ether oxygens (including phenoxy) is 4. The highest BCUT2D eigenvalue weighted by Crippen LogP contribution is 2.26. The summed E-state index contributed by atoms with van der Waals surface area (Å²) >= 11 is 0. The van der Waals surface area contributed by atoms with Gasteiger partial charge in [-0.2, -0.15) is 0 Å². The Bertz CT molecular complexity index is 3260. The maximum Gasteiger partial charge on any atom is 0.408 e. The molecule has 11 amide bonds. The molecule has 0 radical (unpaired) electrons. The van der Waals surface area contributed by atoms with E-state index in [9.17, 15) is 72.2 Å². The molecule has 1 aromatic rings. The van der Waals surface area contributed by atoms with Gasteiger partial charge in [-0.1, -0.05) is 84.7 Å². The van der Waals surface area contributed by atoms with Crippen LogP contribution >= 0.6 is 0 Å². The number of hydrogen-bond donors (Lipinski definition) is 12. The predicted molar refractivity (Wildman–Crippen MR) is 437 cm³/mol. The lowest BCUT2D eigenvalue weighted by Crippen LogP contribution is -2.56. The summed E-state index contributed by atoms with van der Waals surface area (Å²) in [5, 5.41) is 23.0. The Balaban J connectivity index is 0.000000797. The number of benzene rings is 1. The summed E-state index contributed by atoms with van der Waals surface area (Å²) < 4.78 is 21.1. The number of carbonyl (C=O) groups excluding carboxylic acids is 13. The molecule has 3 fully saturated rings. The molecule has 18 N–H and O–H groups in total. The minimum Gasteiger partial charge on any atom is -0.480 e. The Kier molecular flexibility index (Phi) is 46.6. The van der Waals surface area contributed by atoms with Gasteiger partial charge in [0.25, 0.3) is 0 Å². The molecule has 115 heavy (non-hydrogen) atoms. The second-order valence-corrected chi connectivity index (χ2v) is 35.2. The van der Waals surface area contributed by atoms with Gasteiger partial charge >= 0.3 is 30.1 Å². The van der Waals surface area contributed by atoms with Crippen molar-refractivity contribution >= 4 is 83.3 Å². The molecule has 3 aliphatic heterocycles. The number of alkyl carbamates (subject to hydrolysis) is 2. The SMILES string of the molecule is CC(C)(C)OC(=O)CCCCC[C@H](N)C(N)=O.CC(C)C[C@H](N)C(=O)N1CCC[C@H]1C(=O)N[C@@H](CCCCN)C(N)=O.CC(C)C[C@H](NC(=O)OC(C)(C)C)C(=O)N1CCC[C@H]1C(=O)N[C@@H](CCCCNC(=O)OC(C)(C)C)C(N)=O.CC(C)C[C@H](NC(=O)[C@@H](CC(=O)OC(C)(C)C)Cc1ccccc1)C(=O)N1CCC[C@H]1C(=O)O. The van der Waals surface area contributed by atoms with E-state index in [0.717, 1.165) is 37.7 Å². The lowest BCUT2D eigenvalue weighted by molar-refractivity contribution is -0.157. The summed E-state index contributed by atoms with van der Waals surface area (Å²) in [6, 6.07) is 2.60. The number of aliphatic carboxylic acids is 1. The number of amides is 11. The van der Waals surface area contributed by atoms with Crippen LogP contribution in [0.2, 0.25) is 0 Å². The Morgan fingerprint density at radius 1 is 0.461 bits per heavy atom. The van der Waals surface area contributed by atoms with Crippen LogP contribution in [0.3, 0.4) is 0 Å². The zero-order valence-corrected chi connectivity index (χ0v) is 72.1. The monoisotopic (exact) mass is 1630 g/mol. The van der Waals surface area contributed by atoms with Crippen LogP contribution in [0.5, 0.6) is 0 Å². The van der Waals surface area contributed by atoms with Crippen molar-refractivity contribution in [2.75, 3.05) is 32.7 Å². The van der Waals surface area contributed by atoms with Gasteiger partial charge in [0, 0.05) is 32.6 Å². The molecule has 3 aliphatic rings. The molecular weight excluding hydrogens is 1480 g/mol.